The average molecular weight is 276 g/mol. The van der Waals surface area contributed by atoms with Crippen LogP contribution in [0.5, 0.6) is 0 Å². The van der Waals surface area contributed by atoms with Crippen LogP contribution in [0.4, 0.5) is 5.69 Å². The van der Waals surface area contributed by atoms with E-state index in [0.717, 1.165) is 0 Å². The standard InChI is InChI=1S/C13H16N4O3/c18-5-4-14-12(20)9-2-1-3-10(6-9)17-13-15-7-11(19)8-16-13/h1-3,5-6,11,19H,4,7-8H2,(H,14,20)(H2,15,16,17). The van der Waals surface area contributed by atoms with E-state index in [1.165, 1.54) is 0 Å². The van der Waals surface area contributed by atoms with Crippen LogP contribution in [0.2, 0.25) is 0 Å². The van der Waals surface area contributed by atoms with E-state index in [9.17, 15) is 14.7 Å². The Bertz CT molecular complexity index is 530. The molecule has 1 aliphatic heterocycles. The SMILES string of the molecule is O=CCNC(=O)c1cccc(NC2=NCC(O)CN2)c1. The lowest BCUT2D eigenvalue weighted by molar-refractivity contribution is -0.107. The summed E-state index contributed by atoms with van der Waals surface area (Å²) in [6, 6.07) is 6.85. The first-order valence-corrected chi connectivity index (χ1v) is 6.24. The van der Waals surface area contributed by atoms with Crippen molar-refractivity contribution in [2.45, 2.75) is 6.10 Å². The molecule has 1 unspecified atom stereocenters. The second-order valence-electron chi connectivity index (χ2n) is 4.31. The molecule has 7 nitrogen and oxygen atoms in total. The van der Waals surface area contributed by atoms with Gasteiger partial charge in [0.1, 0.15) is 6.29 Å². The first-order chi connectivity index (χ1) is 9.69. The summed E-state index contributed by atoms with van der Waals surface area (Å²) in [4.78, 5) is 26.1. The molecule has 1 aromatic rings. The number of hydrogen-bond donors (Lipinski definition) is 4. The van der Waals surface area contributed by atoms with Gasteiger partial charge >= 0.3 is 0 Å². The third kappa shape index (κ3) is 3.79. The number of carbonyl (C=O) groups excluding carboxylic acids is 2. The van der Waals surface area contributed by atoms with Crippen LogP contribution in [0, 0.1) is 0 Å². The molecule has 0 saturated heterocycles. The normalized spacial score (nSPS) is 17.6. The van der Waals surface area contributed by atoms with Crippen LogP contribution in [-0.2, 0) is 4.79 Å². The van der Waals surface area contributed by atoms with Crippen LogP contribution in [0.1, 0.15) is 10.4 Å². The number of rotatable bonds is 4. The molecular weight excluding hydrogens is 260 g/mol. The van der Waals surface area contributed by atoms with Crippen LogP contribution in [-0.4, -0.2) is 49.0 Å². The third-order valence-corrected chi connectivity index (χ3v) is 2.70. The Balaban J connectivity index is 2.02. The number of carbonyl (C=O) groups is 2. The van der Waals surface area contributed by atoms with Gasteiger partial charge in [-0.25, -0.2) is 0 Å². The molecule has 0 bridgehead atoms. The number of aliphatic imine (C=N–C) groups is 1. The molecule has 1 amide bonds. The van der Waals surface area contributed by atoms with Crippen LogP contribution < -0.4 is 16.0 Å². The fourth-order valence-corrected chi connectivity index (χ4v) is 1.73. The number of aliphatic hydroxyl groups is 1. The highest BCUT2D eigenvalue weighted by molar-refractivity contribution is 5.98. The maximum atomic E-state index is 11.7. The van der Waals surface area contributed by atoms with E-state index < -0.39 is 6.10 Å². The number of amides is 1. The first-order valence-electron chi connectivity index (χ1n) is 6.24. The van der Waals surface area contributed by atoms with E-state index in [1.807, 2.05) is 0 Å². The molecule has 4 N–H and O–H groups in total. The molecule has 0 saturated carbocycles. The number of anilines is 1. The number of benzene rings is 1. The minimum Gasteiger partial charge on any atom is -0.389 e. The second kappa shape index (κ2) is 6.67. The fourth-order valence-electron chi connectivity index (χ4n) is 1.73. The van der Waals surface area contributed by atoms with Gasteiger partial charge < -0.3 is 25.9 Å². The lowest BCUT2D eigenvalue weighted by atomic mass is 10.2. The first kappa shape index (κ1) is 14.0. The molecular formula is C13H16N4O3. The van der Waals surface area contributed by atoms with E-state index in [0.29, 0.717) is 36.6 Å². The highest BCUT2D eigenvalue weighted by atomic mass is 16.3. The van der Waals surface area contributed by atoms with Gasteiger partial charge in [0.15, 0.2) is 5.96 Å². The summed E-state index contributed by atoms with van der Waals surface area (Å²) >= 11 is 0. The maximum Gasteiger partial charge on any atom is 0.251 e. The van der Waals surface area contributed by atoms with Gasteiger partial charge in [-0.15, -0.1) is 0 Å². The van der Waals surface area contributed by atoms with Gasteiger partial charge in [-0.05, 0) is 18.2 Å². The van der Waals surface area contributed by atoms with E-state index >= 15 is 0 Å². The highest BCUT2D eigenvalue weighted by Crippen LogP contribution is 2.11. The van der Waals surface area contributed by atoms with Crippen LogP contribution >= 0.6 is 0 Å². The predicted octanol–water partition coefficient (Wildman–Crippen LogP) is -0.653. The molecule has 0 spiro atoms. The van der Waals surface area contributed by atoms with Crippen molar-refractivity contribution in [3.05, 3.63) is 29.8 Å². The average Bonchev–Trinajstić information content (AvgIpc) is 2.47. The van der Waals surface area contributed by atoms with E-state index in [2.05, 4.69) is 20.9 Å². The van der Waals surface area contributed by atoms with Crippen molar-refractivity contribution < 1.29 is 14.7 Å². The van der Waals surface area contributed by atoms with Crippen molar-refractivity contribution >= 4 is 23.8 Å². The molecule has 2 rings (SSSR count). The molecule has 7 heteroatoms. The van der Waals surface area contributed by atoms with Gasteiger partial charge in [0, 0.05) is 17.8 Å². The third-order valence-electron chi connectivity index (χ3n) is 2.70. The van der Waals surface area contributed by atoms with Crippen molar-refractivity contribution in [1.82, 2.24) is 10.6 Å². The predicted molar refractivity (Wildman–Crippen MR) is 74.8 cm³/mol. The van der Waals surface area contributed by atoms with E-state index in [4.69, 9.17) is 0 Å². The van der Waals surface area contributed by atoms with Crippen molar-refractivity contribution in [3.8, 4) is 0 Å². The molecule has 1 aromatic carbocycles. The lowest BCUT2D eigenvalue weighted by Crippen LogP contribution is -2.42. The minimum atomic E-state index is -0.471. The Hall–Kier alpha value is -2.41. The molecule has 0 radical (unpaired) electrons. The number of aldehydes is 1. The number of guanidine groups is 1. The fraction of sp³-hybridized carbons (Fsp3) is 0.308. The molecule has 0 aliphatic carbocycles. The second-order valence-corrected chi connectivity index (χ2v) is 4.31. The molecule has 0 aromatic heterocycles. The van der Waals surface area contributed by atoms with Gasteiger partial charge in [-0.2, -0.15) is 0 Å². The smallest absolute Gasteiger partial charge is 0.251 e. The zero-order valence-electron chi connectivity index (χ0n) is 10.8. The van der Waals surface area contributed by atoms with Crippen molar-refractivity contribution in [2.75, 3.05) is 25.0 Å². The molecule has 20 heavy (non-hydrogen) atoms. The monoisotopic (exact) mass is 276 g/mol. The molecule has 1 atom stereocenters. The lowest BCUT2D eigenvalue weighted by Gasteiger charge is -2.20. The summed E-state index contributed by atoms with van der Waals surface area (Å²) in [5.74, 6) is 0.246. The molecule has 106 valence electrons. The quantitative estimate of drug-likeness (QED) is 0.547. The van der Waals surface area contributed by atoms with Crippen molar-refractivity contribution in [3.63, 3.8) is 0 Å². The van der Waals surface area contributed by atoms with Crippen LogP contribution in [0.25, 0.3) is 0 Å². The van der Waals surface area contributed by atoms with Gasteiger partial charge in [0.25, 0.3) is 5.91 Å². The Labute approximate surface area is 116 Å². The summed E-state index contributed by atoms with van der Waals surface area (Å²) in [6.07, 6.45) is 0.160. The molecule has 0 fully saturated rings. The molecule has 1 aliphatic rings. The van der Waals surface area contributed by atoms with Gasteiger partial charge in [0.05, 0.1) is 19.2 Å². The van der Waals surface area contributed by atoms with Crippen molar-refractivity contribution in [2.24, 2.45) is 4.99 Å². The van der Waals surface area contributed by atoms with Gasteiger partial charge in [-0.1, -0.05) is 6.07 Å². The topological polar surface area (TPSA) is 103 Å². The number of aliphatic hydroxyl groups excluding tert-OH is 1. The van der Waals surface area contributed by atoms with Crippen LogP contribution in [0.3, 0.4) is 0 Å². The zero-order valence-corrected chi connectivity index (χ0v) is 10.8. The Morgan fingerprint density at radius 3 is 3.10 bits per heavy atom. The summed E-state index contributed by atoms with van der Waals surface area (Å²) in [5, 5.41) is 17.8. The van der Waals surface area contributed by atoms with Gasteiger partial charge in [-0.3, -0.25) is 9.79 Å². The van der Waals surface area contributed by atoms with Crippen molar-refractivity contribution in [1.29, 1.82) is 0 Å². The molecule has 1 heterocycles. The van der Waals surface area contributed by atoms with Crippen LogP contribution in [0.15, 0.2) is 29.3 Å². The number of nitrogens with one attached hydrogen (secondary N) is 3. The van der Waals surface area contributed by atoms with E-state index in [-0.39, 0.29) is 12.5 Å². The number of nitrogens with zero attached hydrogens (tertiary/aromatic N) is 1. The summed E-state index contributed by atoms with van der Waals surface area (Å²) in [7, 11) is 0. The summed E-state index contributed by atoms with van der Waals surface area (Å²) in [6.45, 7) is 0.767. The summed E-state index contributed by atoms with van der Waals surface area (Å²) in [5.41, 5.74) is 1.15. The largest absolute Gasteiger partial charge is 0.389 e. The van der Waals surface area contributed by atoms with E-state index in [1.54, 1.807) is 24.3 Å². The highest BCUT2D eigenvalue weighted by Gasteiger charge is 2.12. The number of β-amino-alcohol motifs (C(OH)–C–C–N with tert-alkyl or cyclic N) is 1. The van der Waals surface area contributed by atoms with Gasteiger partial charge in [0.2, 0.25) is 0 Å². The minimum absolute atomic E-state index is 0.0113. The Morgan fingerprint density at radius 1 is 1.55 bits per heavy atom. The Kier molecular flexibility index (Phi) is 4.67. The zero-order chi connectivity index (χ0) is 14.4. The Morgan fingerprint density at radius 2 is 2.40 bits per heavy atom. The maximum absolute atomic E-state index is 11.7. The number of hydrogen-bond acceptors (Lipinski definition) is 6. The summed E-state index contributed by atoms with van der Waals surface area (Å²) < 4.78 is 0.